The smallest absolute Gasteiger partial charge is 0.320 e. The van der Waals surface area contributed by atoms with Crippen LogP contribution in [0.15, 0.2) is 0 Å². The lowest BCUT2D eigenvalue weighted by Gasteiger charge is -1.96. The summed E-state index contributed by atoms with van der Waals surface area (Å²) < 4.78 is 0. The van der Waals surface area contributed by atoms with Gasteiger partial charge >= 0.3 is 6.03 Å². The summed E-state index contributed by atoms with van der Waals surface area (Å²) in [7, 11) is 1.56. The highest BCUT2D eigenvalue weighted by Gasteiger charge is 2.05. The fourth-order valence-corrected chi connectivity index (χ4v) is 1.62. The quantitative estimate of drug-likeness (QED) is 0.771. The van der Waals surface area contributed by atoms with Crippen molar-refractivity contribution in [2.45, 2.75) is 19.8 Å². The first-order valence-electron chi connectivity index (χ1n) is 4.07. The van der Waals surface area contributed by atoms with Gasteiger partial charge in [0, 0.05) is 13.5 Å². The van der Waals surface area contributed by atoms with Gasteiger partial charge in [-0.05, 0) is 6.42 Å². The van der Waals surface area contributed by atoms with Crippen molar-refractivity contribution in [1.82, 2.24) is 15.5 Å². The topological polar surface area (TPSA) is 66.9 Å². The number of nitrogens with one attached hydrogen (secondary N) is 2. The minimum atomic E-state index is -0.265. The molecule has 0 spiro atoms. The van der Waals surface area contributed by atoms with E-state index in [-0.39, 0.29) is 6.03 Å². The van der Waals surface area contributed by atoms with Crippen LogP contribution in [0.2, 0.25) is 0 Å². The van der Waals surface area contributed by atoms with Crippen LogP contribution >= 0.6 is 11.3 Å². The van der Waals surface area contributed by atoms with E-state index in [1.54, 1.807) is 7.05 Å². The largest absolute Gasteiger partial charge is 0.341 e. The number of carbonyl (C=O) groups excluding carboxylic acids is 1. The predicted octanol–water partition coefficient (Wildman–Crippen LogP) is 1.24. The zero-order valence-electron chi connectivity index (χ0n) is 7.63. The SMILES string of the molecule is CCCc1nnc(NC(=O)NC)s1. The van der Waals surface area contributed by atoms with E-state index in [2.05, 4.69) is 27.8 Å². The number of nitrogens with zero attached hydrogens (tertiary/aromatic N) is 2. The van der Waals surface area contributed by atoms with Gasteiger partial charge in [0.1, 0.15) is 5.01 Å². The first kappa shape index (κ1) is 9.91. The van der Waals surface area contributed by atoms with Gasteiger partial charge in [-0.2, -0.15) is 0 Å². The molecule has 5 nitrogen and oxygen atoms in total. The Bertz CT molecular complexity index is 286. The maximum Gasteiger partial charge on any atom is 0.320 e. The average molecular weight is 200 g/mol. The van der Waals surface area contributed by atoms with Gasteiger partial charge in [0.2, 0.25) is 5.13 Å². The van der Waals surface area contributed by atoms with Crippen molar-refractivity contribution >= 4 is 22.5 Å². The van der Waals surface area contributed by atoms with Gasteiger partial charge in [-0.25, -0.2) is 4.79 Å². The molecule has 0 aliphatic rings. The Morgan fingerprint density at radius 1 is 1.54 bits per heavy atom. The third kappa shape index (κ3) is 2.98. The molecule has 0 bridgehead atoms. The van der Waals surface area contributed by atoms with Crippen molar-refractivity contribution < 1.29 is 4.79 Å². The Morgan fingerprint density at radius 2 is 2.31 bits per heavy atom. The molecule has 0 aromatic carbocycles. The van der Waals surface area contributed by atoms with Crippen LogP contribution in [0.1, 0.15) is 18.4 Å². The number of amides is 2. The molecule has 72 valence electrons. The summed E-state index contributed by atoms with van der Waals surface area (Å²) in [6, 6.07) is -0.265. The Balaban J connectivity index is 2.53. The number of hydrogen-bond donors (Lipinski definition) is 2. The molecule has 1 heterocycles. The second kappa shape index (κ2) is 4.76. The van der Waals surface area contributed by atoms with Gasteiger partial charge in [0.15, 0.2) is 0 Å². The van der Waals surface area contributed by atoms with E-state index in [0.717, 1.165) is 17.8 Å². The second-order valence-electron chi connectivity index (χ2n) is 2.46. The third-order valence-corrected chi connectivity index (χ3v) is 2.28. The van der Waals surface area contributed by atoms with E-state index >= 15 is 0 Å². The van der Waals surface area contributed by atoms with Crippen LogP contribution in [0, 0.1) is 0 Å². The highest BCUT2D eigenvalue weighted by atomic mass is 32.1. The number of carbonyl (C=O) groups is 1. The molecule has 0 unspecified atom stereocenters. The normalized spacial score (nSPS) is 9.69. The molecule has 1 aromatic rings. The molecule has 0 aliphatic heterocycles. The lowest BCUT2D eigenvalue weighted by Crippen LogP contribution is -2.24. The first-order valence-corrected chi connectivity index (χ1v) is 4.89. The maximum absolute atomic E-state index is 10.9. The van der Waals surface area contributed by atoms with Crippen molar-refractivity contribution in [2.24, 2.45) is 0 Å². The Labute approximate surface area is 80.6 Å². The molecular formula is C7H12N4OS. The third-order valence-electron chi connectivity index (χ3n) is 1.38. The molecular weight excluding hydrogens is 188 g/mol. The molecule has 0 fully saturated rings. The molecule has 0 atom stereocenters. The van der Waals surface area contributed by atoms with E-state index in [1.165, 1.54) is 11.3 Å². The van der Waals surface area contributed by atoms with E-state index in [1.807, 2.05) is 0 Å². The molecule has 6 heteroatoms. The van der Waals surface area contributed by atoms with Crippen molar-refractivity contribution in [3.8, 4) is 0 Å². The molecule has 1 aromatic heterocycles. The summed E-state index contributed by atoms with van der Waals surface area (Å²) in [4.78, 5) is 10.9. The average Bonchev–Trinajstić information content (AvgIpc) is 2.53. The van der Waals surface area contributed by atoms with E-state index < -0.39 is 0 Å². The standard InChI is InChI=1S/C7H12N4OS/c1-3-4-5-10-11-7(13-5)9-6(12)8-2/h3-4H2,1-2H3,(H2,8,9,11,12). The second-order valence-corrected chi connectivity index (χ2v) is 3.52. The lowest BCUT2D eigenvalue weighted by atomic mass is 10.4. The predicted molar refractivity (Wildman–Crippen MR) is 52.0 cm³/mol. The zero-order chi connectivity index (χ0) is 9.68. The maximum atomic E-state index is 10.9. The summed E-state index contributed by atoms with van der Waals surface area (Å²) in [5.41, 5.74) is 0. The minimum Gasteiger partial charge on any atom is -0.341 e. The van der Waals surface area contributed by atoms with Crippen molar-refractivity contribution in [3.63, 3.8) is 0 Å². The number of aromatic nitrogens is 2. The highest BCUT2D eigenvalue weighted by molar-refractivity contribution is 7.15. The van der Waals surface area contributed by atoms with Crippen LogP contribution in [-0.2, 0) is 6.42 Å². The molecule has 0 saturated carbocycles. The molecule has 13 heavy (non-hydrogen) atoms. The summed E-state index contributed by atoms with van der Waals surface area (Å²) >= 11 is 1.41. The molecule has 2 amide bonds. The van der Waals surface area contributed by atoms with E-state index in [4.69, 9.17) is 0 Å². The number of anilines is 1. The zero-order valence-corrected chi connectivity index (χ0v) is 8.44. The molecule has 0 saturated heterocycles. The van der Waals surface area contributed by atoms with E-state index in [9.17, 15) is 4.79 Å². The highest BCUT2D eigenvalue weighted by Crippen LogP contribution is 2.15. The molecule has 0 aliphatic carbocycles. The Kier molecular flexibility index (Phi) is 3.63. The Hall–Kier alpha value is -1.17. The van der Waals surface area contributed by atoms with E-state index in [0.29, 0.717) is 5.13 Å². The van der Waals surface area contributed by atoms with Gasteiger partial charge in [-0.3, -0.25) is 5.32 Å². The van der Waals surface area contributed by atoms with Crippen LogP contribution in [-0.4, -0.2) is 23.3 Å². The van der Waals surface area contributed by atoms with Crippen LogP contribution in [0.25, 0.3) is 0 Å². The van der Waals surface area contributed by atoms with Crippen molar-refractivity contribution in [3.05, 3.63) is 5.01 Å². The summed E-state index contributed by atoms with van der Waals surface area (Å²) in [6.45, 7) is 2.08. The van der Waals surface area contributed by atoms with Crippen molar-refractivity contribution in [2.75, 3.05) is 12.4 Å². The van der Waals surface area contributed by atoms with Gasteiger partial charge < -0.3 is 5.32 Å². The van der Waals surface area contributed by atoms with Gasteiger partial charge in [0.05, 0.1) is 0 Å². The van der Waals surface area contributed by atoms with Crippen LogP contribution in [0.4, 0.5) is 9.93 Å². The van der Waals surface area contributed by atoms with Crippen LogP contribution in [0.3, 0.4) is 0 Å². The fourth-order valence-electron chi connectivity index (χ4n) is 0.779. The van der Waals surface area contributed by atoms with Crippen LogP contribution in [0.5, 0.6) is 0 Å². The monoisotopic (exact) mass is 200 g/mol. The fraction of sp³-hybridized carbons (Fsp3) is 0.571. The summed E-state index contributed by atoms with van der Waals surface area (Å²) in [5, 5.41) is 14.2. The minimum absolute atomic E-state index is 0.265. The van der Waals surface area contributed by atoms with Gasteiger partial charge in [0.25, 0.3) is 0 Å². The van der Waals surface area contributed by atoms with Gasteiger partial charge in [-0.15, -0.1) is 10.2 Å². The number of urea groups is 1. The van der Waals surface area contributed by atoms with Crippen LogP contribution < -0.4 is 10.6 Å². The summed E-state index contributed by atoms with van der Waals surface area (Å²) in [6.07, 6.45) is 1.95. The number of aryl methyl sites for hydroxylation is 1. The number of rotatable bonds is 3. The summed E-state index contributed by atoms with van der Waals surface area (Å²) in [5.74, 6) is 0. The molecule has 1 rings (SSSR count). The molecule has 0 radical (unpaired) electrons. The van der Waals surface area contributed by atoms with Crippen molar-refractivity contribution in [1.29, 1.82) is 0 Å². The number of hydrogen-bond acceptors (Lipinski definition) is 4. The first-order chi connectivity index (χ1) is 6.26. The Morgan fingerprint density at radius 3 is 2.92 bits per heavy atom. The molecule has 2 N–H and O–H groups in total. The lowest BCUT2D eigenvalue weighted by molar-refractivity contribution is 0.254. The van der Waals surface area contributed by atoms with Gasteiger partial charge in [-0.1, -0.05) is 18.3 Å².